The van der Waals surface area contributed by atoms with Crippen LogP contribution in [0, 0.1) is 0 Å². The maximum atomic E-state index is 10.5. The van der Waals surface area contributed by atoms with Crippen LogP contribution in [0.5, 0.6) is 0 Å². The standard InChI is InChI=1S/C5H6N5O.Rb.V/c6-3-2(4(7)11)1-9-5(8)10-3;;/h1H,(H5-,6,7,8,9,10,11);;/q-1;+1;/p-1. The number of carbonyl (C=O) groups excluding carboxylic acids is 1. The average Bonchev–Trinajstić information content (AvgIpc) is 1.85. The summed E-state index contributed by atoms with van der Waals surface area (Å²) >= 11 is 0. The minimum atomic E-state index is -0.755. The van der Waals surface area contributed by atoms with Crippen molar-refractivity contribution < 1.29 is 81.5 Å². The zero-order valence-electron chi connectivity index (χ0n) is 6.90. The van der Waals surface area contributed by atoms with Gasteiger partial charge in [0.15, 0.2) is 0 Å². The Hall–Kier alpha value is 0.540. The Kier molecular flexibility index (Phi) is 8.50. The van der Waals surface area contributed by atoms with Crippen LogP contribution in [-0.4, -0.2) is 15.9 Å². The number of hydrogen-bond acceptors (Lipinski definition) is 3. The molecule has 1 rings (SSSR count). The Morgan fingerprint density at radius 2 is 2.00 bits per heavy atom. The van der Waals surface area contributed by atoms with Crippen molar-refractivity contribution in [3.8, 4) is 0 Å². The molecular weight excluding hydrogens is 283 g/mol. The van der Waals surface area contributed by atoms with Crippen molar-refractivity contribution in [1.29, 1.82) is 0 Å². The van der Waals surface area contributed by atoms with Crippen molar-refractivity contribution in [2.45, 2.75) is 0 Å². The molecule has 4 N–H and O–H groups in total. The molecule has 13 heavy (non-hydrogen) atoms. The van der Waals surface area contributed by atoms with E-state index in [0.29, 0.717) is 0 Å². The molecule has 0 spiro atoms. The number of primary amides is 1. The van der Waals surface area contributed by atoms with Crippen molar-refractivity contribution in [3.63, 3.8) is 0 Å². The van der Waals surface area contributed by atoms with Gasteiger partial charge in [0.2, 0.25) is 5.91 Å². The molecule has 0 atom stereocenters. The number of nitrogens with zero attached hydrogens (tertiary/aromatic N) is 2. The Morgan fingerprint density at radius 3 is 2.38 bits per heavy atom. The van der Waals surface area contributed by atoms with Crippen LogP contribution >= 0.6 is 0 Å². The van der Waals surface area contributed by atoms with Gasteiger partial charge < -0.3 is 27.2 Å². The maximum Gasteiger partial charge on any atom is 1.00 e. The third-order valence-corrected chi connectivity index (χ3v) is 1.05. The minimum Gasteiger partial charge on any atom is -0.481 e. The summed E-state index contributed by atoms with van der Waals surface area (Å²) in [6.45, 7) is 0. The summed E-state index contributed by atoms with van der Waals surface area (Å²) < 4.78 is 0. The molecule has 6 nitrogen and oxygen atoms in total. The van der Waals surface area contributed by atoms with Crippen molar-refractivity contribution >= 4 is 17.7 Å². The molecule has 0 aliphatic carbocycles. The smallest absolute Gasteiger partial charge is 0.481 e. The molecule has 0 aromatic carbocycles. The van der Waals surface area contributed by atoms with Crippen LogP contribution in [0.2, 0.25) is 0 Å². The molecule has 0 unspecified atom stereocenters. The first-order valence-electron chi connectivity index (χ1n) is 2.71. The van der Waals surface area contributed by atoms with Gasteiger partial charge in [0.25, 0.3) is 0 Å². The molecule has 8 heteroatoms. The van der Waals surface area contributed by atoms with E-state index in [9.17, 15) is 4.79 Å². The van der Waals surface area contributed by atoms with Gasteiger partial charge in [-0.15, -0.1) is 0 Å². The molecule has 1 heterocycles. The summed E-state index contributed by atoms with van der Waals surface area (Å²) in [6.07, 6.45) is 1.07. The summed E-state index contributed by atoms with van der Waals surface area (Å²) in [7, 11) is 0. The Labute approximate surface area is 136 Å². The monoisotopic (exact) mass is 287 g/mol. The fraction of sp³-hybridized carbons (Fsp3) is 0. The van der Waals surface area contributed by atoms with Gasteiger partial charge in [0.1, 0.15) is 0 Å². The molecule has 0 bridgehead atoms. The fourth-order valence-corrected chi connectivity index (χ4v) is 0.562. The largest absolute Gasteiger partial charge is 1.00 e. The van der Waals surface area contributed by atoms with E-state index in [4.69, 9.17) is 17.2 Å². The van der Waals surface area contributed by atoms with Crippen LogP contribution in [0.1, 0.15) is 10.4 Å². The molecule has 1 aromatic rings. The van der Waals surface area contributed by atoms with Crippen LogP contribution in [0.15, 0.2) is 6.20 Å². The zero-order valence-corrected chi connectivity index (χ0v) is 13.2. The van der Waals surface area contributed by atoms with Gasteiger partial charge in [-0.1, -0.05) is 5.82 Å². The number of nitrogens with two attached hydrogens (primary N) is 1. The number of hydrogen-bond donors (Lipinski definition) is 1. The van der Waals surface area contributed by atoms with Gasteiger partial charge in [-0.2, -0.15) is 0 Å². The first-order valence-corrected chi connectivity index (χ1v) is 2.71. The van der Waals surface area contributed by atoms with Crippen molar-refractivity contribution in [2.24, 2.45) is 5.73 Å². The van der Waals surface area contributed by atoms with Crippen LogP contribution < -0.4 is 63.9 Å². The molecule has 0 aliphatic rings. The van der Waals surface area contributed by atoms with E-state index in [1.54, 1.807) is 0 Å². The first kappa shape index (κ1) is 16.0. The fourth-order valence-electron chi connectivity index (χ4n) is 0.562. The van der Waals surface area contributed by atoms with Crippen LogP contribution in [-0.2, 0) is 18.6 Å². The zero-order chi connectivity index (χ0) is 8.43. The van der Waals surface area contributed by atoms with Gasteiger partial charge in [-0.3, -0.25) is 4.79 Å². The van der Waals surface area contributed by atoms with E-state index < -0.39 is 5.91 Å². The molecular formula is C5H5N5ORbV-. The van der Waals surface area contributed by atoms with E-state index in [0.717, 1.165) is 6.20 Å². The normalized spacial score (nSPS) is 8.00. The minimum absolute atomic E-state index is 0. The number of amides is 1. The van der Waals surface area contributed by atoms with Gasteiger partial charge in [0.05, 0.1) is 0 Å². The van der Waals surface area contributed by atoms with E-state index in [-0.39, 0.29) is 94.1 Å². The van der Waals surface area contributed by atoms with E-state index in [1.807, 2.05) is 0 Å². The second kappa shape index (κ2) is 6.91. The number of nitrogens with one attached hydrogen (secondary N) is 2. The quantitative estimate of drug-likeness (QED) is 0.640. The Bertz CT molecular complexity index is 307. The second-order valence-corrected chi connectivity index (χ2v) is 1.82. The van der Waals surface area contributed by atoms with E-state index in [1.165, 1.54) is 0 Å². The number of rotatable bonds is 1. The summed E-state index contributed by atoms with van der Waals surface area (Å²) in [5.41, 5.74) is 18.7. The van der Waals surface area contributed by atoms with Crippen LogP contribution in [0.4, 0.5) is 11.8 Å². The Morgan fingerprint density at radius 1 is 1.46 bits per heavy atom. The molecule has 1 radical (unpaired) electrons. The number of aromatic nitrogens is 2. The molecule has 0 saturated carbocycles. The molecule has 1 amide bonds. The number of carbonyl (C=O) groups is 1. The predicted octanol–water partition coefficient (Wildman–Crippen LogP) is -2.06. The van der Waals surface area contributed by atoms with Crippen molar-refractivity contribution in [2.75, 3.05) is 0 Å². The van der Waals surface area contributed by atoms with Crippen LogP contribution in [0.3, 0.4) is 0 Å². The van der Waals surface area contributed by atoms with Gasteiger partial charge in [-0.25, -0.2) is 0 Å². The second-order valence-electron chi connectivity index (χ2n) is 1.82. The van der Waals surface area contributed by atoms with Crippen molar-refractivity contribution in [1.82, 2.24) is 9.97 Å². The first-order chi connectivity index (χ1) is 5.11. The Balaban J connectivity index is 0. The third kappa shape index (κ3) is 4.53. The summed E-state index contributed by atoms with van der Waals surface area (Å²) in [4.78, 5) is 17.2. The topological polar surface area (TPSA) is 116 Å². The van der Waals surface area contributed by atoms with E-state index in [2.05, 4.69) is 9.97 Å². The molecule has 1 aromatic heterocycles. The van der Waals surface area contributed by atoms with Gasteiger partial charge in [-0.05, 0) is 12.1 Å². The predicted molar refractivity (Wildman–Crippen MR) is 38.5 cm³/mol. The third-order valence-electron chi connectivity index (χ3n) is 1.05. The van der Waals surface area contributed by atoms with E-state index >= 15 is 0 Å². The molecule has 0 saturated heterocycles. The van der Waals surface area contributed by atoms with Crippen LogP contribution in [0.25, 0.3) is 11.5 Å². The summed E-state index contributed by atoms with van der Waals surface area (Å²) in [6, 6.07) is 0. The summed E-state index contributed by atoms with van der Waals surface area (Å²) in [5.74, 6) is -1.35. The maximum absolute atomic E-state index is 10.5. The molecule has 0 aliphatic heterocycles. The molecule has 63 valence electrons. The van der Waals surface area contributed by atoms with Gasteiger partial charge in [0, 0.05) is 24.1 Å². The molecule has 0 fully saturated rings. The SMILES string of the molecule is [NH-]c1ncc(C(N)=O)c([NH-])n1.[Rb+].[V]. The summed E-state index contributed by atoms with van der Waals surface area (Å²) in [5, 5.41) is 0. The average molecular weight is 288 g/mol. The van der Waals surface area contributed by atoms with Gasteiger partial charge >= 0.3 is 58.2 Å². The van der Waals surface area contributed by atoms with Crippen molar-refractivity contribution in [3.05, 3.63) is 23.2 Å².